The number of benzene rings is 2. The van der Waals surface area contributed by atoms with Gasteiger partial charge in [-0.15, -0.1) is 0 Å². The number of carbonyl (C=O) groups is 1. The van der Waals surface area contributed by atoms with Gasteiger partial charge in [-0.05, 0) is 24.3 Å². The van der Waals surface area contributed by atoms with Gasteiger partial charge in [0.25, 0.3) is 5.91 Å². The fraction of sp³-hybridized carbons (Fsp3) is 0.0526. The molecule has 118 valence electrons. The highest BCUT2D eigenvalue weighted by Gasteiger charge is 2.28. The molecule has 0 saturated heterocycles. The van der Waals surface area contributed by atoms with Crippen molar-refractivity contribution in [3.8, 4) is 11.5 Å². The molecule has 5 heteroatoms. The van der Waals surface area contributed by atoms with Gasteiger partial charge in [0.1, 0.15) is 16.7 Å². The highest BCUT2D eigenvalue weighted by molar-refractivity contribution is 6.29. The van der Waals surface area contributed by atoms with E-state index in [-0.39, 0.29) is 17.1 Å². The van der Waals surface area contributed by atoms with Crippen molar-refractivity contribution in [2.45, 2.75) is 6.04 Å². The van der Waals surface area contributed by atoms with Crippen LogP contribution in [0.4, 0.5) is 0 Å². The number of nitrogens with one attached hydrogen (secondary N) is 1. The van der Waals surface area contributed by atoms with Crippen LogP contribution < -0.4 is 10.1 Å². The largest absolute Gasteiger partial charge is 0.457 e. The molecule has 3 aromatic rings. The Morgan fingerprint density at radius 1 is 1.00 bits per heavy atom. The van der Waals surface area contributed by atoms with Crippen molar-refractivity contribution in [2.75, 3.05) is 0 Å². The van der Waals surface area contributed by atoms with Gasteiger partial charge >= 0.3 is 0 Å². The van der Waals surface area contributed by atoms with E-state index in [9.17, 15) is 4.79 Å². The van der Waals surface area contributed by atoms with E-state index in [1.165, 1.54) is 6.20 Å². The molecule has 1 aromatic heterocycles. The molecule has 24 heavy (non-hydrogen) atoms. The summed E-state index contributed by atoms with van der Waals surface area (Å²) >= 11 is 5.88. The lowest BCUT2D eigenvalue weighted by atomic mass is 9.94. The van der Waals surface area contributed by atoms with Gasteiger partial charge in [0.15, 0.2) is 0 Å². The molecule has 1 N–H and O–H groups in total. The van der Waals surface area contributed by atoms with Crippen molar-refractivity contribution in [3.05, 3.63) is 88.7 Å². The van der Waals surface area contributed by atoms with Crippen LogP contribution in [0.15, 0.2) is 66.9 Å². The zero-order valence-electron chi connectivity index (χ0n) is 12.6. The highest BCUT2D eigenvalue weighted by Crippen LogP contribution is 2.42. The number of ether oxygens (including phenoxy) is 1. The minimum absolute atomic E-state index is 0.212. The van der Waals surface area contributed by atoms with Gasteiger partial charge in [0, 0.05) is 22.9 Å². The van der Waals surface area contributed by atoms with Crippen molar-refractivity contribution >= 4 is 17.5 Å². The van der Waals surface area contributed by atoms with E-state index in [0.717, 1.165) is 22.6 Å². The normalized spacial score (nSPS) is 12.7. The molecule has 4 nitrogen and oxygen atoms in total. The molecular formula is C19H13ClN2O2. The lowest BCUT2D eigenvalue weighted by molar-refractivity contribution is 0.0941. The summed E-state index contributed by atoms with van der Waals surface area (Å²) in [5, 5.41) is 3.36. The van der Waals surface area contributed by atoms with Gasteiger partial charge in [-0.25, -0.2) is 4.98 Å². The molecule has 0 spiro atoms. The molecule has 0 unspecified atom stereocenters. The Morgan fingerprint density at radius 3 is 2.25 bits per heavy atom. The summed E-state index contributed by atoms with van der Waals surface area (Å²) in [6, 6.07) is 18.3. The van der Waals surface area contributed by atoms with Crippen molar-refractivity contribution < 1.29 is 9.53 Å². The van der Waals surface area contributed by atoms with E-state index < -0.39 is 0 Å². The Labute approximate surface area is 144 Å². The molecule has 0 bridgehead atoms. The Hall–Kier alpha value is -2.85. The van der Waals surface area contributed by atoms with Gasteiger partial charge < -0.3 is 10.1 Å². The topological polar surface area (TPSA) is 51.2 Å². The van der Waals surface area contributed by atoms with E-state index in [2.05, 4.69) is 10.3 Å². The molecule has 1 aliphatic rings. The Morgan fingerprint density at radius 2 is 1.62 bits per heavy atom. The van der Waals surface area contributed by atoms with E-state index in [1.807, 2.05) is 48.5 Å². The van der Waals surface area contributed by atoms with Crippen molar-refractivity contribution in [3.63, 3.8) is 0 Å². The van der Waals surface area contributed by atoms with E-state index in [1.54, 1.807) is 12.1 Å². The van der Waals surface area contributed by atoms with E-state index in [4.69, 9.17) is 16.3 Å². The maximum atomic E-state index is 12.6. The standard InChI is InChI=1S/C19H13ClN2O2/c20-17-11-12(9-10-21-17)19(23)22-18-13-5-1-3-7-15(13)24-16-8-4-2-6-14(16)18/h1-11,18H,(H,22,23). The van der Waals surface area contributed by atoms with Crippen molar-refractivity contribution in [2.24, 2.45) is 0 Å². The number of fused-ring (bicyclic) bond motifs is 2. The molecule has 0 radical (unpaired) electrons. The van der Waals surface area contributed by atoms with Crippen LogP contribution in [0.3, 0.4) is 0 Å². The molecular weight excluding hydrogens is 324 g/mol. The fourth-order valence-corrected chi connectivity index (χ4v) is 3.00. The number of carbonyl (C=O) groups excluding carboxylic acids is 1. The number of halogens is 1. The minimum atomic E-state index is -0.286. The summed E-state index contributed by atoms with van der Waals surface area (Å²) in [4.78, 5) is 16.6. The van der Waals surface area contributed by atoms with E-state index >= 15 is 0 Å². The lowest BCUT2D eigenvalue weighted by Gasteiger charge is -2.28. The molecule has 0 atom stereocenters. The van der Waals surface area contributed by atoms with Crippen LogP contribution in [0.1, 0.15) is 27.5 Å². The van der Waals surface area contributed by atoms with Gasteiger partial charge in [-0.2, -0.15) is 0 Å². The van der Waals surface area contributed by atoms with Crippen LogP contribution in [-0.2, 0) is 0 Å². The quantitative estimate of drug-likeness (QED) is 0.707. The number of nitrogens with zero attached hydrogens (tertiary/aromatic N) is 1. The smallest absolute Gasteiger partial charge is 0.252 e. The number of hydrogen-bond donors (Lipinski definition) is 1. The monoisotopic (exact) mass is 336 g/mol. The second-order valence-electron chi connectivity index (χ2n) is 5.45. The second kappa shape index (κ2) is 5.98. The molecule has 0 saturated carbocycles. The molecule has 2 aromatic carbocycles. The van der Waals surface area contributed by atoms with E-state index in [0.29, 0.717) is 5.56 Å². The van der Waals surface area contributed by atoms with Gasteiger partial charge in [-0.1, -0.05) is 48.0 Å². The van der Waals surface area contributed by atoms with Crippen LogP contribution in [0.2, 0.25) is 5.15 Å². The van der Waals surface area contributed by atoms with Crippen LogP contribution >= 0.6 is 11.6 Å². The average molecular weight is 337 g/mol. The van der Waals surface area contributed by atoms with Gasteiger partial charge in [-0.3, -0.25) is 4.79 Å². The molecule has 2 heterocycles. The predicted octanol–water partition coefficient (Wildman–Crippen LogP) is 4.36. The molecule has 1 aliphatic heterocycles. The van der Waals surface area contributed by atoms with Gasteiger partial charge in [0.05, 0.1) is 6.04 Å². The number of hydrogen-bond acceptors (Lipinski definition) is 3. The molecule has 0 aliphatic carbocycles. The first kappa shape index (κ1) is 14.7. The summed E-state index contributed by atoms with van der Waals surface area (Å²) in [6.07, 6.45) is 1.52. The minimum Gasteiger partial charge on any atom is -0.457 e. The number of rotatable bonds is 2. The third-order valence-electron chi connectivity index (χ3n) is 3.94. The van der Waals surface area contributed by atoms with Crippen LogP contribution in [0.25, 0.3) is 0 Å². The van der Waals surface area contributed by atoms with Crippen LogP contribution in [-0.4, -0.2) is 10.9 Å². The lowest BCUT2D eigenvalue weighted by Crippen LogP contribution is -2.31. The fourth-order valence-electron chi connectivity index (χ4n) is 2.82. The first-order valence-electron chi connectivity index (χ1n) is 7.50. The van der Waals surface area contributed by atoms with Gasteiger partial charge in [0.2, 0.25) is 0 Å². The van der Waals surface area contributed by atoms with Crippen molar-refractivity contribution in [1.29, 1.82) is 0 Å². The third kappa shape index (κ3) is 2.61. The second-order valence-corrected chi connectivity index (χ2v) is 5.84. The Kier molecular flexibility index (Phi) is 3.67. The average Bonchev–Trinajstić information content (AvgIpc) is 2.61. The molecule has 4 rings (SSSR count). The third-order valence-corrected chi connectivity index (χ3v) is 4.15. The predicted molar refractivity (Wildman–Crippen MR) is 91.5 cm³/mol. The summed E-state index contributed by atoms with van der Waals surface area (Å²) in [5.41, 5.74) is 2.31. The molecule has 1 amide bonds. The maximum Gasteiger partial charge on any atom is 0.252 e. The first-order chi connectivity index (χ1) is 11.7. The summed E-state index contributed by atoms with van der Waals surface area (Å²) in [6.45, 7) is 0. The summed E-state index contributed by atoms with van der Waals surface area (Å²) < 4.78 is 5.93. The number of amides is 1. The van der Waals surface area contributed by atoms with Crippen molar-refractivity contribution in [1.82, 2.24) is 10.3 Å². The SMILES string of the molecule is O=C(NC1c2ccccc2Oc2ccccc21)c1ccnc(Cl)c1. The number of aromatic nitrogens is 1. The Bertz CT molecular complexity index is 881. The summed E-state index contributed by atoms with van der Waals surface area (Å²) in [5.74, 6) is 1.28. The van der Waals surface area contributed by atoms with Crippen LogP contribution in [0.5, 0.6) is 11.5 Å². The van der Waals surface area contributed by atoms with Crippen LogP contribution in [0, 0.1) is 0 Å². The number of para-hydroxylation sites is 2. The first-order valence-corrected chi connectivity index (χ1v) is 7.88. The maximum absolute atomic E-state index is 12.6. The zero-order chi connectivity index (χ0) is 16.5. The summed E-state index contributed by atoms with van der Waals surface area (Å²) in [7, 11) is 0. The Balaban J connectivity index is 1.73. The molecule has 0 fully saturated rings. The zero-order valence-corrected chi connectivity index (χ0v) is 13.3. The highest BCUT2D eigenvalue weighted by atomic mass is 35.5. The number of pyridine rings is 1.